The summed E-state index contributed by atoms with van der Waals surface area (Å²) in [6, 6.07) is 23.7. The Labute approximate surface area is 941 Å². The first-order chi connectivity index (χ1) is 62.8. The van der Waals surface area contributed by atoms with E-state index in [4.69, 9.17) is 151 Å². The van der Waals surface area contributed by atoms with Gasteiger partial charge in [-0.15, -0.1) is 73.5 Å². The number of hydrogen-bond donors (Lipinski definition) is 0. The SMILES string of the molecule is CC1CC2C=CC=C(C[N-]C(C)(C)C)C2C1.CC1CC2C=CC=C(C[N-]C(C)(C)C)C2C1.CC1CC2C=CC=C(C[N-]C3CCCC3)C2C1.COc1ccc([N-]CC2=CC=CC3CC(C)CC23)cc1.Cc1cc(C)cc([N-]CC2=CC=CC3CC(C)CC23)c1.Cc1ccc([N-]CC2=CC=CC3CC(C)CC23)cc1.[CH-]1CCCO1.[CH3-].[CH3-].[CH3-].[CH3-].[CH3-].[CH3-].[Cl][Ti][Cl].[Cl][Ti][Cl].[Cl][Ti][Cl].[Cl][Ti][Cl].[Cl][Ti][Cl].[Cl][Zr][Cl]. The number of benzene rings is 3. The molecule has 0 radical (unpaired) electrons. The number of hydrogen-bond acceptors (Lipinski definition) is 2. The van der Waals surface area contributed by atoms with Crippen molar-refractivity contribution in [3.63, 3.8) is 0 Å². The number of ether oxygens (including phenoxy) is 2. The Kier molecular flexibility index (Phi) is 82.5. The van der Waals surface area contributed by atoms with Crippen LogP contribution >= 0.6 is 110 Å². The van der Waals surface area contributed by atoms with Crippen molar-refractivity contribution in [2.75, 3.05) is 53.0 Å². The maximum absolute atomic E-state index is 5.17. The van der Waals surface area contributed by atoms with Gasteiger partial charge >= 0.3 is 216 Å². The van der Waals surface area contributed by atoms with E-state index in [1.54, 1.807) is 23.8 Å². The minimum absolute atomic E-state index is 0. The van der Waals surface area contributed by atoms with E-state index in [9.17, 15) is 0 Å². The van der Waals surface area contributed by atoms with Crippen LogP contribution in [0.2, 0.25) is 0 Å². The van der Waals surface area contributed by atoms with Crippen LogP contribution in [0, 0.1) is 178 Å². The van der Waals surface area contributed by atoms with Crippen LogP contribution in [0.1, 0.15) is 215 Å². The zero-order valence-electron chi connectivity index (χ0n) is 86.5. The first kappa shape index (κ1) is 141. The Morgan fingerprint density at radius 1 is 0.358 bits per heavy atom. The van der Waals surface area contributed by atoms with Gasteiger partial charge < -0.3 is 85.9 Å². The molecule has 1 heterocycles. The summed E-state index contributed by atoms with van der Waals surface area (Å²) in [6.07, 6.45) is 65.8. The third-order valence-corrected chi connectivity index (χ3v) is 26.6. The third-order valence-electron chi connectivity index (χ3n) is 26.6. The first-order valence-electron chi connectivity index (χ1n) is 47.1. The molecule has 18 atom stereocenters. The molecule has 14 aliphatic rings. The van der Waals surface area contributed by atoms with E-state index in [-0.39, 0.29) is 55.6 Å². The molecule has 18 unspecified atom stereocenters. The molecular formula is C111H165Cl12N6O2Ti5Zr-13. The van der Waals surface area contributed by atoms with Gasteiger partial charge in [0.1, 0.15) is 5.75 Å². The summed E-state index contributed by atoms with van der Waals surface area (Å²) in [7, 11) is 60.4. The molecule has 1 saturated heterocycles. The van der Waals surface area contributed by atoms with Crippen LogP contribution < -0.4 is 4.74 Å². The molecular weight excluding hydrogens is 2210 g/mol. The van der Waals surface area contributed by atoms with Gasteiger partial charge in [0.2, 0.25) is 0 Å². The van der Waals surface area contributed by atoms with Crippen LogP contribution in [0.3, 0.4) is 0 Å². The van der Waals surface area contributed by atoms with Crippen LogP contribution in [0.4, 0.5) is 17.1 Å². The number of allylic oxidation sites excluding steroid dienone is 18. The number of rotatable bonds is 17. The number of aryl methyl sites for hydroxylation is 3. The summed E-state index contributed by atoms with van der Waals surface area (Å²) in [5.74, 6) is 15.4. The van der Waals surface area contributed by atoms with Crippen LogP contribution in [0.5, 0.6) is 5.75 Å². The van der Waals surface area contributed by atoms with Gasteiger partial charge in [-0.3, -0.25) is 0 Å². The molecule has 137 heavy (non-hydrogen) atoms. The van der Waals surface area contributed by atoms with Crippen molar-refractivity contribution in [3.8, 4) is 5.75 Å². The molecule has 772 valence electrons. The summed E-state index contributed by atoms with van der Waals surface area (Å²) in [4.78, 5) is 0. The molecule has 8 fully saturated rings. The molecule has 3 aromatic rings. The van der Waals surface area contributed by atoms with Crippen LogP contribution in [-0.2, 0) is 111 Å². The summed E-state index contributed by atoms with van der Waals surface area (Å²) >= 11 is -3.60. The molecule has 0 N–H and O–H groups in total. The molecule has 1 aliphatic heterocycles. The Morgan fingerprint density at radius 3 is 0.854 bits per heavy atom. The average Bonchev–Trinajstić information content (AvgIpc) is 1.71. The minimum atomic E-state index is -0.826. The normalized spacial score (nSPS) is 26.2. The topological polar surface area (TPSA) is 103 Å². The van der Waals surface area contributed by atoms with Gasteiger partial charge in [-0.2, -0.15) is 6.42 Å². The van der Waals surface area contributed by atoms with E-state index < -0.39 is 106 Å². The molecule has 17 rings (SSSR count). The van der Waals surface area contributed by atoms with Crippen LogP contribution in [0.25, 0.3) is 31.9 Å². The fraction of sp³-hybridized carbons (Fsp3) is 0.559. The molecule has 0 spiro atoms. The summed E-state index contributed by atoms with van der Waals surface area (Å²) in [5.41, 5.74) is 16.6. The van der Waals surface area contributed by atoms with E-state index in [0.717, 1.165) is 182 Å². The Bertz CT molecular complexity index is 3950. The second kappa shape index (κ2) is 80.4. The first-order valence-corrected chi connectivity index (χ1v) is 74.9. The second-order valence-electron chi connectivity index (χ2n) is 39.5. The summed E-state index contributed by atoms with van der Waals surface area (Å²) in [5, 5.41) is 28.8. The molecule has 7 saturated carbocycles. The Hall–Kier alpha value is 1.51. The van der Waals surface area contributed by atoms with Crippen molar-refractivity contribution >= 4 is 127 Å². The summed E-state index contributed by atoms with van der Waals surface area (Å²) in [6.45, 7) is 42.0. The fourth-order valence-corrected chi connectivity index (χ4v) is 20.8. The second-order valence-corrected chi connectivity index (χ2v) is 56.2. The van der Waals surface area contributed by atoms with E-state index in [1.165, 1.54) is 143 Å². The van der Waals surface area contributed by atoms with E-state index in [2.05, 4.69) is 256 Å². The van der Waals surface area contributed by atoms with Gasteiger partial charge in [0.25, 0.3) is 0 Å². The quantitative estimate of drug-likeness (QED) is 0.0992. The monoisotopic (exact) mass is 2360 g/mol. The maximum atomic E-state index is 5.17. The van der Waals surface area contributed by atoms with Gasteiger partial charge in [0, 0.05) is 6.61 Å². The van der Waals surface area contributed by atoms with Crippen molar-refractivity contribution < 1.29 is 115 Å². The van der Waals surface area contributed by atoms with Gasteiger partial charge in [-0.05, 0) is 216 Å². The molecule has 26 heteroatoms. The van der Waals surface area contributed by atoms with Gasteiger partial charge in [-0.25, -0.2) is 6.61 Å². The van der Waals surface area contributed by atoms with Crippen molar-refractivity contribution in [2.45, 2.75) is 237 Å². The van der Waals surface area contributed by atoms with Crippen molar-refractivity contribution in [3.05, 3.63) is 309 Å². The van der Waals surface area contributed by atoms with Gasteiger partial charge in [-0.1, -0.05) is 329 Å². The number of nitrogens with zero attached hydrogens (tertiary/aromatic N) is 6. The van der Waals surface area contributed by atoms with Crippen molar-refractivity contribution in [2.24, 2.45) is 107 Å². The average molecular weight is 2370 g/mol. The number of halogens is 12. The zero-order valence-corrected chi connectivity index (χ0v) is 106. The van der Waals surface area contributed by atoms with Crippen molar-refractivity contribution in [1.29, 1.82) is 0 Å². The molecule has 0 amide bonds. The third kappa shape index (κ3) is 56.4. The molecule has 0 aromatic heterocycles. The molecule has 8 nitrogen and oxygen atoms in total. The molecule has 13 aliphatic carbocycles. The van der Waals surface area contributed by atoms with E-state index in [0.29, 0.717) is 6.04 Å². The van der Waals surface area contributed by atoms with E-state index >= 15 is 0 Å². The van der Waals surface area contributed by atoms with Gasteiger partial charge in [0.05, 0.1) is 7.11 Å². The number of methoxy groups -OCH3 is 1. The Balaban J connectivity index is 0. The summed E-state index contributed by atoms with van der Waals surface area (Å²) < 4.78 is 9.99. The van der Waals surface area contributed by atoms with Crippen molar-refractivity contribution in [1.82, 2.24) is 0 Å². The van der Waals surface area contributed by atoms with E-state index in [1.807, 2.05) is 30.9 Å². The zero-order chi connectivity index (χ0) is 96.3. The standard InChI is InChI=1S/C19H24N.C18H22NO.C18H22N.C16H24N.2C15H24N.C4H7O.6CH3.12ClH.5Ti.Zr/c1-13-7-14(2)10-18(9-13)20-12-17-6-4-5-16-8-15(3)11-19(16)17;1-13-10-14-4-3-5-15(18(14)11-13)12-19-16-6-8-17(20-2)9-7-16;1-13-6-8-17(9-7-13)19-12-16-5-3-4-15-10-14(2)11-18(15)16;1-12-9-13-5-4-6-14(16(13)10-12)11-17-15-7-2-3-8-15;2*1-11-8-12-6-5-7-13(14(12)9-11)10-16-15(2,3)4;1-2-4-5-3-1;;;;;;;;;;;;;;;;;;;;;;;;/h4-7,9-10,15-16,19H,8,11-12H2,1-3H3;3-9,13-14,18H,10-12H2,1-2H3;3-9,14-15,18H,10-12H2,1-2H3;4-6,12-13,15-16H,2-3,7-11H2,1H3;2*5-7,11-12,14H,8-10H2,1-4H3;3H,1-2,4H2;6*1H3;12*1H;;;;;;/q13*-1;;;;;;;;;;;;;6*+2/p-12. The predicted octanol–water partition coefficient (Wildman–Crippen LogP) is 40.5. The molecule has 0 bridgehead atoms. The van der Waals surface area contributed by atoms with Crippen LogP contribution in [-0.4, -0.2) is 70.1 Å². The predicted molar refractivity (Wildman–Crippen MR) is 594 cm³/mol. The molecule has 3 aromatic carbocycles. The van der Waals surface area contributed by atoms with Gasteiger partial charge in [0.15, 0.2) is 0 Å². The number of fused-ring (bicyclic) bond motifs is 6. The van der Waals surface area contributed by atoms with Crippen LogP contribution in [0.15, 0.2) is 210 Å². The fourth-order valence-electron chi connectivity index (χ4n) is 20.8. The Morgan fingerprint density at radius 2 is 0.613 bits per heavy atom.